The third-order valence-electron chi connectivity index (χ3n) is 4.61. The summed E-state index contributed by atoms with van der Waals surface area (Å²) in [5.74, 6) is 0.869. The molecule has 0 radical (unpaired) electrons. The molecule has 0 bridgehead atoms. The highest BCUT2D eigenvalue weighted by molar-refractivity contribution is 6.36. The molecule has 1 aliphatic rings. The van der Waals surface area contributed by atoms with Crippen molar-refractivity contribution < 1.29 is 4.79 Å². The van der Waals surface area contributed by atoms with Gasteiger partial charge >= 0.3 is 0 Å². The Morgan fingerprint density at radius 1 is 1.30 bits per heavy atom. The number of rotatable bonds is 4. The van der Waals surface area contributed by atoms with Crippen LogP contribution < -0.4 is 5.73 Å². The normalized spacial score (nSPS) is 26.5. The van der Waals surface area contributed by atoms with E-state index < -0.39 is 0 Å². The Balaban J connectivity index is 2.18. The largest absolute Gasteiger partial charge is 0.329 e. The molecular formula is C16H21Cl2NO. The molecule has 2 N–H and O–H groups in total. The van der Waals surface area contributed by atoms with Crippen molar-refractivity contribution in [3.63, 3.8) is 0 Å². The maximum absolute atomic E-state index is 12.7. The van der Waals surface area contributed by atoms with Gasteiger partial charge in [-0.1, -0.05) is 36.2 Å². The molecule has 0 unspecified atom stereocenters. The molecule has 0 atom stereocenters. The lowest BCUT2D eigenvalue weighted by atomic mass is 9.67. The summed E-state index contributed by atoms with van der Waals surface area (Å²) >= 11 is 12.3. The average Bonchev–Trinajstić information content (AvgIpc) is 2.44. The van der Waals surface area contributed by atoms with Crippen LogP contribution in [-0.2, 0) is 11.2 Å². The van der Waals surface area contributed by atoms with E-state index >= 15 is 0 Å². The minimum atomic E-state index is -0.380. The van der Waals surface area contributed by atoms with Crippen LogP contribution in [0.2, 0.25) is 10.0 Å². The highest BCUT2D eigenvalue weighted by atomic mass is 35.5. The molecular weight excluding hydrogens is 293 g/mol. The summed E-state index contributed by atoms with van der Waals surface area (Å²) in [6.07, 6.45) is 4.18. The quantitative estimate of drug-likeness (QED) is 0.902. The number of carbonyl (C=O) groups is 1. The SMILES string of the molecule is CC1CCC(CN)(C(=O)Cc2c(Cl)cccc2Cl)CC1. The number of carbonyl (C=O) groups excluding carboxylic acids is 1. The number of hydrogen-bond donors (Lipinski definition) is 1. The molecule has 1 saturated carbocycles. The van der Waals surface area contributed by atoms with Crippen LogP contribution in [0, 0.1) is 11.3 Å². The number of nitrogens with two attached hydrogens (primary N) is 1. The molecule has 110 valence electrons. The summed E-state index contributed by atoms with van der Waals surface area (Å²) in [6.45, 7) is 2.65. The Kier molecular flexibility index (Phi) is 5.11. The number of hydrogen-bond acceptors (Lipinski definition) is 2. The summed E-state index contributed by atoms with van der Waals surface area (Å²) in [4.78, 5) is 12.7. The standard InChI is InChI=1S/C16H21Cl2NO/c1-11-5-7-16(10-19,8-6-11)15(20)9-12-13(17)3-2-4-14(12)18/h2-4,11H,5-10,19H2,1H3. The first-order valence-electron chi connectivity index (χ1n) is 7.15. The van der Waals surface area contributed by atoms with Crippen molar-refractivity contribution in [2.75, 3.05) is 6.54 Å². The Morgan fingerprint density at radius 2 is 1.85 bits per heavy atom. The van der Waals surface area contributed by atoms with E-state index in [0.29, 0.717) is 22.5 Å². The van der Waals surface area contributed by atoms with E-state index in [4.69, 9.17) is 28.9 Å². The van der Waals surface area contributed by atoms with Gasteiger partial charge in [0, 0.05) is 28.4 Å². The minimum Gasteiger partial charge on any atom is -0.329 e. The van der Waals surface area contributed by atoms with Crippen molar-refractivity contribution in [3.05, 3.63) is 33.8 Å². The number of Topliss-reactive ketones (excluding diaryl/α,β-unsaturated/α-hetero) is 1. The van der Waals surface area contributed by atoms with Gasteiger partial charge in [0.15, 0.2) is 0 Å². The second-order valence-corrected chi connectivity index (χ2v) is 6.78. The molecule has 1 aromatic rings. The molecule has 0 spiro atoms. The Bertz CT molecular complexity index is 473. The molecule has 1 fully saturated rings. The summed E-state index contributed by atoms with van der Waals surface area (Å²) in [6, 6.07) is 5.34. The van der Waals surface area contributed by atoms with E-state index in [9.17, 15) is 4.79 Å². The third-order valence-corrected chi connectivity index (χ3v) is 5.32. The fourth-order valence-electron chi connectivity index (χ4n) is 2.96. The second kappa shape index (κ2) is 6.46. The predicted molar refractivity (Wildman–Crippen MR) is 84.3 cm³/mol. The number of ketones is 1. The Hall–Kier alpha value is -0.570. The van der Waals surface area contributed by atoms with Crippen LogP contribution in [-0.4, -0.2) is 12.3 Å². The van der Waals surface area contributed by atoms with E-state index in [1.165, 1.54) is 0 Å². The highest BCUT2D eigenvalue weighted by Gasteiger charge is 2.39. The Labute approximate surface area is 130 Å². The van der Waals surface area contributed by atoms with Crippen molar-refractivity contribution in [1.82, 2.24) is 0 Å². The molecule has 20 heavy (non-hydrogen) atoms. The molecule has 4 heteroatoms. The zero-order valence-corrected chi connectivity index (χ0v) is 13.3. The van der Waals surface area contributed by atoms with Gasteiger partial charge in [-0.25, -0.2) is 0 Å². The molecule has 2 nitrogen and oxygen atoms in total. The van der Waals surface area contributed by atoms with Crippen LogP contribution in [0.25, 0.3) is 0 Å². The first kappa shape index (κ1) is 15.8. The maximum atomic E-state index is 12.7. The highest BCUT2D eigenvalue weighted by Crippen LogP contribution is 2.40. The third kappa shape index (κ3) is 3.19. The van der Waals surface area contributed by atoms with E-state index in [2.05, 4.69) is 6.92 Å². The molecule has 1 aliphatic carbocycles. The summed E-state index contributed by atoms with van der Waals surface area (Å²) in [7, 11) is 0. The van der Waals surface area contributed by atoms with Crippen LogP contribution in [0.4, 0.5) is 0 Å². The van der Waals surface area contributed by atoms with Gasteiger partial charge < -0.3 is 5.73 Å². The van der Waals surface area contributed by atoms with Crippen LogP contribution in [0.5, 0.6) is 0 Å². The van der Waals surface area contributed by atoms with Gasteiger partial charge in [0.25, 0.3) is 0 Å². The van der Waals surface area contributed by atoms with Crippen molar-refractivity contribution in [2.24, 2.45) is 17.1 Å². The van der Waals surface area contributed by atoms with Crippen molar-refractivity contribution in [1.29, 1.82) is 0 Å². The van der Waals surface area contributed by atoms with Crippen LogP contribution in [0.3, 0.4) is 0 Å². The fourth-order valence-corrected chi connectivity index (χ4v) is 3.49. The molecule has 0 aromatic heterocycles. The van der Waals surface area contributed by atoms with E-state index in [1.807, 2.05) is 0 Å². The topological polar surface area (TPSA) is 43.1 Å². The zero-order chi connectivity index (χ0) is 14.8. The first-order chi connectivity index (χ1) is 9.48. The zero-order valence-electron chi connectivity index (χ0n) is 11.8. The number of halogens is 2. The Morgan fingerprint density at radius 3 is 2.35 bits per heavy atom. The molecule has 0 heterocycles. The first-order valence-corrected chi connectivity index (χ1v) is 7.90. The maximum Gasteiger partial charge on any atom is 0.144 e. The van der Waals surface area contributed by atoms with Crippen LogP contribution in [0.1, 0.15) is 38.2 Å². The van der Waals surface area contributed by atoms with Gasteiger partial charge in [-0.05, 0) is 49.3 Å². The van der Waals surface area contributed by atoms with Crippen molar-refractivity contribution in [2.45, 2.75) is 39.0 Å². The molecule has 1 aromatic carbocycles. The van der Waals surface area contributed by atoms with Crippen molar-refractivity contribution in [3.8, 4) is 0 Å². The van der Waals surface area contributed by atoms with Gasteiger partial charge in [-0.15, -0.1) is 0 Å². The second-order valence-electron chi connectivity index (χ2n) is 5.97. The fraction of sp³-hybridized carbons (Fsp3) is 0.562. The molecule has 0 saturated heterocycles. The number of benzene rings is 1. The van der Waals surface area contributed by atoms with Gasteiger partial charge in [-0.3, -0.25) is 4.79 Å². The van der Waals surface area contributed by atoms with Gasteiger partial charge in [-0.2, -0.15) is 0 Å². The van der Waals surface area contributed by atoms with Crippen molar-refractivity contribution >= 4 is 29.0 Å². The molecule has 0 aliphatic heterocycles. The van der Waals surface area contributed by atoms with Gasteiger partial charge in [0.1, 0.15) is 5.78 Å². The molecule has 2 rings (SSSR count). The summed E-state index contributed by atoms with van der Waals surface area (Å²) in [5, 5.41) is 1.12. The van der Waals surface area contributed by atoms with Gasteiger partial charge in [0.05, 0.1) is 0 Å². The lowest BCUT2D eigenvalue weighted by Crippen LogP contribution is -2.42. The van der Waals surface area contributed by atoms with E-state index in [0.717, 1.165) is 31.2 Å². The lowest BCUT2D eigenvalue weighted by Gasteiger charge is -2.37. The summed E-state index contributed by atoms with van der Waals surface area (Å²) < 4.78 is 0. The van der Waals surface area contributed by atoms with Crippen LogP contribution >= 0.6 is 23.2 Å². The van der Waals surface area contributed by atoms with Crippen LogP contribution in [0.15, 0.2) is 18.2 Å². The van der Waals surface area contributed by atoms with E-state index in [1.54, 1.807) is 18.2 Å². The van der Waals surface area contributed by atoms with Gasteiger partial charge in [0.2, 0.25) is 0 Å². The molecule has 0 amide bonds. The smallest absolute Gasteiger partial charge is 0.144 e. The summed E-state index contributed by atoms with van der Waals surface area (Å²) in [5.41, 5.74) is 6.28. The lowest BCUT2D eigenvalue weighted by molar-refractivity contribution is -0.129. The van der Waals surface area contributed by atoms with E-state index in [-0.39, 0.29) is 17.6 Å². The predicted octanol–water partition coefficient (Wildman–Crippen LogP) is 4.26. The monoisotopic (exact) mass is 313 g/mol. The minimum absolute atomic E-state index is 0.182. The average molecular weight is 314 g/mol.